The van der Waals surface area contributed by atoms with Gasteiger partial charge in [0.25, 0.3) is 0 Å². The van der Waals surface area contributed by atoms with Crippen molar-refractivity contribution in [2.75, 3.05) is 21.1 Å². The van der Waals surface area contributed by atoms with Gasteiger partial charge in [-0.3, -0.25) is 4.99 Å². The first kappa shape index (κ1) is 45.8. The van der Waals surface area contributed by atoms with Gasteiger partial charge in [-0.15, -0.1) is 0 Å². The molecule has 39 heavy (non-hydrogen) atoms. The summed E-state index contributed by atoms with van der Waals surface area (Å²) >= 11 is 0. The number of amidine groups is 1. The maximum absolute atomic E-state index is 9.51. The molecule has 8 nitrogen and oxygen atoms in total. The smallest absolute Gasteiger partial charge is 0.136 e. The quantitative estimate of drug-likeness (QED) is 0.126. The molecule has 1 aromatic rings. The van der Waals surface area contributed by atoms with Crippen LogP contribution in [0.15, 0.2) is 51.2 Å². The van der Waals surface area contributed by atoms with Gasteiger partial charge in [0.05, 0.1) is 18.5 Å². The fourth-order valence-corrected chi connectivity index (χ4v) is 2.49. The lowest BCUT2D eigenvalue weighted by Gasteiger charge is -2.29. The minimum Gasteiger partial charge on any atom is -0.513 e. The molecule has 0 saturated heterocycles. The third-order valence-corrected chi connectivity index (χ3v) is 4.28. The zero-order valence-corrected chi connectivity index (χ0v) is 27.5. The first-order valence-electron chi connectivity index (χ1n) is 13.3. The zero-order valence-electron chi connectivity index (χ0n) is 27.5. The van der Waals surface area contributed by atoms with Crippen molar-refractivity contribution in [1.82, 2.24) is 4.90 Å². The Hall–Kier alpha value is -3.13. The summed E-state index contributed by atoms with van der Waals surface area (Å²) < 4.78 is 5.37. The van der Waals surface area contributed by atoms with E-state index in [0.29, 0.717) is 12.3 Å². The maximum atomic E-state index is 9.51. The second kappa shape index (κ2) is 29.4. The van der Waals surface area contributed by atoms with Crippen LogP contribution < -0.4 is 11.5 Å². The van der Waals surface area contributed by atoms with E-state index in [4.69, 9.17) is 26.1 Å². The van der Waals surface area contributed by atoms with E-state index in [2.05, 4.69) is 45.7 Å². The van der Waals surface area contributed by atoms with Gasteiger partial charge in [0.1, 0.15) is 24.1 Å². The number of aryl methyl sites for hydroxylation is 2. The number of rotatable bonds is 6. The molecule has 1 rings (SSSR count). The Morgan fingerprint density at radius 3 is 1.87 bits per heavy atom. The number of hydrogen-bond acceptors (Lipinski definition) is 7. The molecule has 0 aliphatic carbocycles. The molecular weight excluding hydrogens is 490 g/mol. The Bertz CT molecular complexity index is 804. The summed E-state index contributed by atoms with van der Waals surface area (Å²) in [6.45, 7) is 24.7. The number of nitrogens with two attached hydrogens (primary N) is 2. The summed E-state index contributed by atoms with van der Waals surface area (Å²) in [6.07, 6.45) is 9.54. The molecule has 0 bridgehead atoms. The number of carbonyl (C=O) groups is 1. The van der Waals surface area contributed by atoms with Crippen molar-refractivity contribution in [3.63, 3.8) is 0 Å². The number of allylic oxidation sites excluding steroid dienone is 5. The molecule has 0 aliphatic heterocycles. The van der Waals surface area contributed by atoms with Crippen LogP contribution in [0.3, 0.4) is 0 Å². The number of hydrogen-bond donors (Lipinski definition) is 4. The monoisotopic (exact) mass is 551 g/mol. The summed E-state index contributed by atoms with van der Waals surface area (Å²) in [6, 6.07) is 1.93. The highest BCUT2D eigenvalue weighted by atomic mass is 16.3. The lowest BCUT2D eigenvalue weighted by atomic mass is 9.76. The largest absolute Gasteiger partial charge is 0.513 e. The van der Waals surface area contributed by atoms with E-state index in [1.807, 2.05) is 79.6 Å². The van der Waals surface area contributed by atoms with Gasteiger partial charge in [0.2, 0.25) is 0 Å². The molecule has 228 valence electrons. The van der Waals surface area contributed by atoms with Gasteiger partial charge in [-0.1, -0.05) is 67.0 Å². The molecule has 1 atom stereocenters. The summed E-state index contributed by atoms with van der Waals surface area (Å²) in [5.74, 6) is 2.51. The Morgan fingerprint density at radius 2 is 1.59 bits per heavy atom. The molecule has 0 spiro atoms. The van der Waals surface area contributed by atoms with Crippen LogP contribution in [0.2, 0.25) is 0 Å². The van der Waals surface area contributed by atoms with Gasteiger partial charge in [-0.25, -0.2) is 0 Å². The molecule has 1 unspecified atom stereocenters. The first-order chi connectivity index (χ1) is 18.1. The third kappa shape index (κ3) is 31.0. The molecule has 0 radical (unpaired) electrons. The molecule has 6 N–H and O–H groups in total. The van der Waals surface area contributed by atoms with Crippen LogP contribution in [-0.2, 0) is 11.3 Å². The summed E-state index contributed by atoms with van der Waals surface area (Å²) in [5, 5.41) is 16.3. The Morgan fingerprint density at radius 1 is 1.15 bits per heavy atom. The fourth-order valence-electron chi connectivity index (χ4n) is 2.49. The van der Waals surface area contributed by atoms with Crippen LogP contribution in [0, 0.1) is 30.6 Å². The highest BCUT2D eigenvalue weighted by molar-refractivity contribution is 6.27. The van der Waals surface area contributed by atoms with E-state index >= 15 is 0 Å². The van der Waals surface area contributed by atoms with Gasteiger partial charge in [0, 0.05) is 5.92 Å². The van der Waals surface area contributed by atoms with Crippen LogP contribution in [-0.4, -0.2) is 50.0 Å². The zero-order chi connectivity index (χ0) is 32.2. The van der Waals surface area contributed by atoms with Crippen molar-refractivity contribution >= 4 is 18.8 Å². The van der Waals surface area contributed by atoms with Crippen LogP contribution in [0.5, 0.6) is 0 Å². The van der Waals surface area contributed by atoms with E-state index in [1.54, 1.807) is 13.0 Å². The topological polar surface area (TPSA) is 142 Å². The predicted molar refractivity (Wildman–Crippen MR) is 173 cm³/mol. The molecule has 8 heteroatoms. The summed E-state index contributed by atoms with van der Waals surface area (Å²) in [5.41, 5.74) is 12.8. The van der Waals surface area contributed by atoms with Crippen molar-refractivity contribution in [1.29, 1.82) is 5.41 Å². The number of furan rings is 1. The minimum absolute atomic E-state index is 0.0903. The van der Waals surface area contributed by atoms with E-state index in [1.165, 1.54) is 12.6 Å². The van der Waals surface area contributed by atoms with Crippen molar-refractivity contribution in [3.05, 3.63) is 58.9 Å². The molecular formula is C31H61N5O3. The van der Waals surface area contributed by atoms with Crippen molar-refractivity contribution in [3.8, 4) is 0 Å². The van der Waals surface area contributed by atoms with Crippen molar-refractivity contribution in [2.24, 2.45) is 27.8 Å². The number of nitrogens with zero attached hydrogens (tertiary/aromatic N) is 2. The minimum atomic E-state index is 0.0903. The maximum Gasteiger partial charge on any atom is 0.136 e. The fraction of sp³-hybridized carbons (Fsp3) is 0.581. The van der Waals surface area contributed by atoms with E-state index < -0.39 is 0 Å². The number of aliphatic imine (C=N–C) groups is 1. The Balaban J connectivity index is -0.000000145. The molecule has 0 saturated carbocycles. The highest BCUT2D eigenvalue weighted by Gasteiger charge is 2.24. The van der Waals surface area contributed by atoms with Gasteiger partial charge in [0.15, 0.2) is 0 Å². The Labute approximate surface area is 240 Å². The molecule has 0 amide bonds. The van der Waals surface area contributed by atoms with Crippen molar-refractivity contribution < 1.29 is 14.3 Å². The lowest BCUT2D eigenvalue weighted by Crippen LogP contribution is -2.20. The Kier molecular flexibility index (Phi) is 34.5. The normalized spacial score (nSPS) is 12.1. The third-order valence-electron chi connectivity index (χ3n) is 4.28. The number of carbonyl (C=O) groups excluding carboxylic acids is 1. The second-order valence-electron chi connectivity index (χ2n) is 9.77. The van der Waals surface area contributed by atoms with Gasteiger partial charge >= 0.3 is 0 Å². The molecule has 0 fully saturated rings. The second-order valence-corrected chi connectivity index (χ2v) is 9.77. The molecule has 1 heterocycles. The van der Waals surface area contributed by atoms with Crippen LogP contribution >= 0.6 is 0 Å². The van der Waals surface area contributed by atoms with E-state index in [0.717, 1.165) is 28.9 Å². The SMILES string of the molecule is C/C(O)=C(/C)C(C=C/C=C/N)C(C)(C)C.C=O.CC.CCC.CN(C)C.Cc1cc(CN=C(N)C=N)oc1C. The number of aliphatic hydroxyl groups excluding tert-OH is 1. The highest BCUT2D eigenvalue weighted by Crippen LogP contribution is 2.34. The van der Waals surface area contributed by atoms with Crippen LogP contribution in [0.4, 0.5) is 0 Å². The molecule has 0 aliphatic rings. The standard InChI is InChI=1S/C13H23NO.C9H13N3O.C3H9N.C3H8.C2H6.CH2O/c1-10(11(2)15)12(13(3,4)5)8-6-7-9-14;1-6-3-8(13-7(6)2)5-12-9(11)4-10;1-4(2)3;1-3-2;2*1-2/h6-9,12,15H,14H2,1-5H3;3-4,10H,5H2,1-2H3,(H2,11,12);1-3H3;3H2,1-2H3;1-2H3;1H2/b8-6?,9-7+,11-10+;;;;;. The van der Waals surface area contributed by atoms with Crippen LogP contribution in [0.25, 0.3) is 0 Å². The molecule has 0 aromatic carbocycles. The van der Waals surface area contributed by atoms with Gasteiger partial charge in [-0.05, 0) is 83.7 Å². The average molecular weight is 552 g/mol. The molecule has 1 aromatic heterocycles. The van der Waals surface area contributed by atoms with Crippen LogP contribution in [0.1, 0.15) is 85.8 Å². The average Bonchev–Trinajstić information content (AvgIpc) is 3.19. The number of nitrogens with one attached hydrogen (secondary N) is 1. The van der Waals surface area contributed by atoms with E-state index in [-0.39, 0.29) is 17.2 Å². The van der Waals surface area contributed by atoms with Crippen molar-refractivity contribution in [2.45, 2.75) is 89.1 Å². The van der Waals surface area contributed by atoms with Gasteiger partial charge in [-0.2, -0.15) is 0 Å². The summed E-state index contributed by atoms with van der Waals surface area (Å²) in [4.78, 5) is 13.9. The number of aliphatic hydroxyl groups is 1. The van der Waals surface area contributed by atoms with Gasteiger partial charge < -0.3 is 36.1 Å². The van der Waals surface area contributed by atoms with E-state index in [9.17, 15) is 5.11 Å². The lowest BCUT2D eigenvalue weighted by molar-refractivity contribution is -0.0980. The summed E-state index contributed by atoms with van der Waals surface area (Å²) in [7, 11) is 6.00. The first-order valence-corrected chi connectivity index (χ1v) is 13.3. The predicted octanol–water partition coefficient (Wildman–Crippen LogP) is 7.37.